The molecule has 0 fully saturated rings. The van der Waals surface area contributed by atoms with E-state index in [1.54, 1.807) is 48.5 Å². The van der Waals surface area contributed by atoms with Gasteiger partial charge in [-0.25, -0.2) is 4.79 Å². The van der Waals surface area contributed by atoms with Gasteiger partial charge in [-0.05, 0) is 55.8 Å². The Hall–Kier alpha value is -3.06. The van der Waals surface area contributed by atoms with E-state index in [4.69, 9.17) is 11.6 Å². The first-order chi connectivity index (χ1) is 13.5. The Morgan fingerprint density at radius 3 is 2.29 bits per heavy atom. The zero-order valence-corrected chi connectivity index (χ0v) is 16.3. The van der Waals surface area contributed by atoms with E-state index in [1.807, 2.05) is 6.92 Å². The molecule has 0 unspecified atom stereocenters. The summed E-state index contributed by atoms with van der Waals surface area (Å²) in [7, 11) is 0. The first kappa shape index (κ1) is 21.2. The van der Waals surface area contributed by atoms with Crippen molar-refractivity contribution >= 4 is 40.8 Å². The van der Waals surface area contributed by atoms with Crippen LogP contribution in [-0.4, -0.2) is 30.9 Å². The molecule has 4 N–H and O–H groups in total. The monoisotopic (exact) mass is 402 g/mol. The second kappa shape index (κ2) is 10.9. The summed E-state index contributed by atoms with van der Waals surface area (Å²) in [5, 5.41) is 11.4. The van der Waals surface area contributed by atoms with Crippen LogP contribution in [0.5, 0.6) is 0 Å². The van der Waals surface area contributed by atoms with Crippen molar-refractivity contribution in [1.82, 2.24) is 10.6 Å². The Morgan fingerprint density at radius 2 is 1.61 bits per heavy atom. The summed E-state index contributed by atoms with van der Waals surface area (Å²) in [6.07, 6.45) is 0.761. The van der Waals surface area contributed by atoms with E-state index in [2.05, 4.69) is 21.3 Å². The van der Waals surface area contributed by atoms with Crippen molar-refractivity contribution in [3.63, 3.8) is 0 Å². The number of carbonyl (C=O) groups is 3. The Labute approximate surface area is 168 Å². The van der Waals surface area contributed by atoms with Crippen LogP contribution in [0.3, 0.4) is 0 Å². The van der Waals surface area contributed by atoms with Crippen molar-refractivity contribution < 1.29 is 14.4 Å². The van der Waals surface area contributed by atoms with Crippen LogP contribution in [0.2, 0.25) is 5.02 Å². The fourth-order valence-corrected chi connectivity index (χ4v) is 2.51. The normalized spacial score (nSPS) is 10.1. The Balaban J connectivity index is 1.73. The highest BCUT2D eigenvalue weighted by atomic mass is 35.5. The number of nitrogens with one attached hydrogen (secondary N) is 4. The Kier molecular flexibility index (Phi) is 8.30. The maximum atomic E-state index is 12.1. The third kappa shape index (κ3) is 7.28. The molecule has 2 aromatic rings. The molecule has 0 aromatic heterocycles. The highest BCUT2D eigenvalue weighted by Gasteiger charge is 2.07. The largest absolute Gasteiger partial charge is 0.352 e. The highest BCUT2D eigenvalue weighted by molar-refractivity contribution is 6.30. The van der Waals surface area contributed by atoms with Gasteiger partial charge in [-0.1, -0.05) is 17.7 Å². The molecule has 0 spiro atoms. The lowest BCUT2D eigenvalue weighted by molar-refractivity contribution is -0.116. The van der Waals surface area contributed by atoms with Crippen LogP contribution in [0.25, 0.3) is 0 Å². The third-order valence-electron chi connectivity index (χ3n) is 3.71. The number of urea groups is 1. The summed E-state index contributed by atoms with van der Waals surface area (Å²) in [6.45, 7) is 2.73. The summed E-state index contributed by atoms with van der Waals surface area (Å²) in [5.41, 5.74) is 1.69. The summed E-state index contributed by atoms with van der Waals surface area (Å²) < 4.78 is 0. The number of anilines is 2. The van der Waals surface area contributed by atoms with Gasteiger partial charge in [0.25, 0.3) is 5.91 Å². The SMILES string of the molecule is CCNC(=O)Nc1cccc(NC(=O)CCCNC(=O)c2ccc(Cl)cc2)c1. The molecule has 0 aliphatic heterocycles. The van der Waals surface area contributed by atoms with Gasteiger partial charge in [0, 0.05) is 41.5 Å². The van der Waals surface area contributed by atoms with E-state index >= 15 is 0 Å². The van der Waals surface area contributed by atoms with Crippen LogP contribution < -0.4 is 21.3 Å². The number of amides is 4. The first-order valence-corrected chi connectivity index (χ1v) is 9.34. The standard InChI is InChI=1S/C20H23ClN4O3/c1-2-22-20(28)25-17-6-3-5-16(13-17)24-18(26)7-4-12-23-19(27)14-8-10-15(21)11-9-14/h3,5-6,8-11,13H,2,4,7,12H2,1H3,(H,23,27)(H,24,26)(H2,22,25,28). The van der Waals surface area contributed by atoms with Gasteiger partial charge in [0.1, 0.15) is 0 Å². The van der Waals surface area contributed by atoms with Crippen molar-refractivity contribution in [2.24, 2.45) is 0 Å². The maximum absolute atomic E-state index is 12.1. The van der Waals surface area contributed by atoms with Gasteiger partial charge in [0.2, 0.25) is 5.91 Å². The summed E-state index contributed by atoms with van der Waals surface area (Å²) in [6, 6.07) is 13.2. The van der Waals surface area contributed by atoms with E-state index in [0.717, 1.165) is 0 Å². The Morgan fingerprint density at radius 1 is 0.929 bits per heavy atom. The lowest BCUT2D eigenvalue weighted by Crippen LogP contribution is -2.28. The van der Waals surface area contributed by atoms with Crippen molar-refractivity contribution in [2.45, 2.75) is 19.8 Å². The molecule has 0 radical (unpaired) electrons. The number of halogens is 1. The zero-order valence-electron chi connectivity index (χ0n) is 15.5. The molecule has 8 heteroatoms. The third-order valence-corrected chi connectivity index (χ3v) is 3.97. The minimum absolute atomic E-state index is 0.170. The van der Waals surface area contributed by atoms with E-state index < -0.39 is 0 Å². The smallest absolute Gasteiger partial charge is 0.319 e. The number of carbonyl (C=O) groups excluding carboxylic acids is 3. The number of benzene rings is 2. The number of rotatable bonds is 8. The molecular formula is C20H23ClN4O3. The minimum atomic E-state index is -0.303. The van der Waals surface area contributed by atoms with Gasteiger partial charge in [-0.2, -0.15) is 0 Å². The van der Waals surface area contributed by atoms with Crippen molar-refractivity contribution in [1.29, 1.82) is 0 Å². The fraction of sp³-hybridized carbons (Fsp3) is 0.250. The van der Waals surface area contributed by atoms with Crippen LogP contribution in [0.4, 0.5) is 16.2 Å². The number of hydrogen-bond acceptors (Lipinski definition) is 3. The molecule has 0 aliphatic rings. The molecule has 0 heterocycles. The second-order valence-corrected chi connectivity index (χ2v) is 6.42. The fourth-order valence-electron chi connectivity index (χ4n) is 2.39. The molecule has 28 heavy (non-hydrogen) atoms. The molecular weight excluding hydrogens is 380 g/mol. The summed E-state index contributed by atoms with van der Waals surface area (Å²) in [5.74, 6) is -0.378. The molecule has 0 atom stereocenters. The lowest BCUT2D eigenvalue weighted by Gasteiger charge is -2.09. The second-order valence-electron chi connectivity index (χ2n) is 5.98. The molecule has 148 valence electrons. The van der Waals surface area contributed by atoms with Gasteiger partial charge in [-0.3, -0.25) is 9.59 Å². The van der Waals surface area contributed by atoms with Crippen LogP contribution in [0.1, 0.15) is 30.1 Å². The zero-order chi connectivity index (χ0) is 20.4. The average molecular weight is 403 g/mol. The van der Waals surface area contributed by atoms with Crippen molar-refractivity contribution in [3.05, 3.63) is 59.1 Å². The molecule has 0 saturated carbocycles. The number of hydrogen-bond donors (Lipinski definition) is 4. The van der Waals surface area contributed by atoms with Gasteiger partial charge >= 0.3 is 6.03 Å². The Bertz CT molecular complexity index is 824. The summed E-state index contributed by atoms with van der Waals surface area (Å²) in [4.78, 5) is 35.6. The van der Waals surface area contributed by atoms with Crippen LogP contribution in [-0.2, 0) is 4.79 Å². The molecule has 0 aliphatic carbocycles. The van der Waals surface area contributed by atoms with Gasteiger partial charge in [0.05, 0.1) is 0 Å². The molecule has 7 nitrogen and oxygen atoms in total. The molecule has 0 saturated heterocycles. The lowest BCUT2D eigenvalue weighted by atomic mass is 10.2. The predicted molar refractivity (Wildman–Crippen MR) is 111 cm³/mol. The summed E-state index contributed by atoms with van der Waals surface area (Å²) >= 11 is 5.79. The first-order valence-electron chi connectivity index (χ1n) is 8.96. The van der Waals surface area contributed by atoms with Gasteiger partial charge in [-0.15, -0.1) is 0 Å². The van der Waals surface area contributed by atoms with E-state index in [-0.39, 0.29) is 24.3 Å². The highest BCUT2D eigenvalue weighted by Crippen LogP contribution is 2.15. The van der Waals surface area contributed by atoms with Gasteiger partial charge in [0.15, 0.2) is 0 Å². The van der Waals surface area contributed by atoms with Crippen molar-refractivity contribution in [2.75, 3.05) is 23.7 Å². The predicted octanol–water partition coefficient (Wildman–Crippen LogP) is 3.63. The topological polar surface area (TPSA) is 99.3 Å². The molecule has 4 amide bonds. The van der Waals surface area contributed by atoms with E-state index in [1.165, 1.54) is 0 Å². The molecule has 2 rings (SSSR count). The average Bonchev–Trinajstić information content (AvgIpc) is 2.66. The molecule has 0 bridgehead atoms. The quantitative estimate of drug-likeness (QED) is 0.507. The van der Waals surface area contributed by atoms with E-state index in [0.29, 0.717) is 41.5 Å². The van der Waals surface area contributed by atoms with Gasteiger partial charge < -0.3 is 21.3 Å². The van der Waals surface area contributed by atoms with E-state index in [9.17, 15) is 14.4 Å². The molecule has 2 aromatic carbocycles. The van der Waals surface area contributed by atoms with Crippen molar-refractivity contribution in [3.8, 4) is 0 Å². The van der Waals surface area contributed by atoms with Crippen LogP contribution in [0.15, 0.2) is 48.5 Å². The van der Waals surface area contributed by atoms with Crippen LogP contribution >= 0.6 is 11.6 Å². The van der Waals surface area contributed by atoms with Crippen LogP contribution in [0, 0.1) is 0 Å². The maximum Gasteiger partial charge on any atom is 0.319 e. The minimum Gasteiger partial charge on any atom is -0.352 e.